The third-order valence-electron chi connectivity index (χ3n) is 4.89. The Bertz CT molecular complexity index is 633. The molecule has 2 aliphatic heterocycles. The average Bonchev–Trinajstić information content (AvgIpc) is 2.55. The van der Waals surface area contributed by atoms with Gasteiger partial charge in [0.05, 0.1) is 0 Å². The van der Waals surface area contributed by atoms with Crippen LogP contribution in [0.4, 0.5) is 4.79 Å². The lowest BCUT2D eigenvalue weighted by atomic mass is 9.82. The molecular formula is C17H22N2O4S. The van der Waals surface area contributed by atoms with Gasteiger partial charge in [0.15, 0.2) is 0 Å². The lowest BCUT2D eigenvalue weighted by molar-refractivity contribution is -0.125. The third-order valence-corrected chi connectivity index (χ3v) is 7.01. The fourth-order valence-electron chi connectivity index (χ4n) is 3.63. The van der Waals surface area contributed by atoms with Crippen molar-refractivity contribution < 1.29 is 18.5 Å². The van der Waals surface area contributed by atoms with E-state index < -0.39 is 28.3 Å². The lowest BCUT2D eigenvalue weighted by Crippen LogP contribution is -2.64. The number of amides is 2. The molecular weight excluding hydrogens is 328 g/mol. The molecule has 1 aromatic carbocycles. The highest BCUT2D eigenvalue weighted by molar-refractivity contribution is 7.86. The average molecular weight is 350 g/mol. The van der Waals surface area contributed by atoms with E-state index in [2.05, 4.69) is 5.32 Å². The van der Waals surface area contributed by atoms with Gasteiger partial charge in [0.25, 0.3) is 0 Å². The summed E-state index contributed by atoms with van der Waals surface area (Å²) in [5, 5.41) is 2.51. The molecule has 0 radical (unpaired) electrons. The second kappa shape index (κ2) is 6.93. The standard InChI is InChI=1S/C17H22N2O4S/c18-15(20)17(9-13-7-4-8-14(10-17)24(13)22)19-16(21)23-11-12-5-2-1-3-6-12/h1-3,5-6,13-14H,4,7-11H2,(H2,18,20)(H,19,21). The Kier molecular flexibility index (Phi) is 4.89. The second-order valence-corrected chi connectivity index (χ2v) is 8.54. The first-order chi connectivity index (χ1) is 11.5. The van der Waals surface area contributed by atoms with Gasteiger partial charge in [0.2, 0.25) is 5.91 Å². The summed E-state index contributed by atoms with van der Waals surface area (Å²) >= 11 is 0. The van der Waals surface area contributed by atoms with Crippen LogP contribution in [-0.2, 0) is 26.9 Å². The van der Waals surface area contributed by atoms with Crippen molar-refractivity contribution in [3.63, 3.8) is 0 Å². The molecule has 24 heavy (non-hydrogen) atoms. The molecule has 0 aromatic heterocycles. The minimum absolute atomic E-state index is 0.0839. The number of nitrogens with two attached hydrogens (primary N) is 1. The van der Waals surface area contributed by atoms with Crippen LogP contribution >= 0.6 is 0 Å². The summed E-state index contributed by atoms with van der Waals surface area (Å²) in [6.45, 7) is 0.125. The Morgan fingerprint density at radius 1 is 1.21 bits per heavy atom. The minimum Gasteiger partial charge on any atom is -0.445 e. The van der Waals surface area contributed by atoms with E-state index >= 15 is 0 Å². The van der Waals surface area contributed by atoms with Crippen LogP contribution in [-0.4, -0.2) is 32.2 Å². The van der Waals surface area contributed by atoms with Crippen LogP contribution < -0.4 is 11.1 Å². The Morgan fingerprint density at radius 2 is 1.83 bits per heavy atom. The fraction of sp³-hybridized carbons (Fsp3) is 0.529. The van der Waals surface area contributed by atoms with Crippen molar-refractivity contribution >= 4 is 22.8 Å². The van der Waals surface area contributed by atoms with E-state index in [1.54, 1.807) is 0 Å². The van der Waals surface area contributed by atoms with Gasteiger partial charge in [0, 0.05) is 21.3 Å². The van der Waals surface area contributed by atoms with Crippen molar-refractivity contribution in [3.05, 3.63) is 35.9 Å². The van der Waals surface area contributed by atoms with Crippen molar-refractivity contribution in [3.8, 4) is 0 Å². The molecule has 3 rings (SSSR count). The lowest BCUT2D eigenvalue weighted by Gasteiger charge is -2.44. The van der Waals surface area contributed by atoms with Gasteiger partial charge in [-0.05, 0) is 31.2 Å². The Hall–Kier alpha value is -1.89. The van der Waals surface area contributed by atoms with Crippen molar-refractivity contribution in [2.24, 2.45) is 5.73 Å². The van der Waals surface area contributed by atoms with Crippen LogP contribution in [0.3, 0.4) is 0 Å². The van der Waals surface area contributed by atoms with Crippen LogP contribution in [0.2, 0.25) is 0 Å². The zero-order chi connectivity index (χ0) is 17.2. The van der Waals surface area contributed by atoms with E-state index in [0.29, 0.717) is 12.8 Å². The smallest absolute Gasteiger partial charge is 0.408 e. The Labute approximate surface area is 143 Å². The summed E-state index contributed by atoms with van der Waals surface area (Å²) in [6.07, 6.45) is 2.60. The van der Waals surface area contributed by atoms with Gasteiger partial charge < -0.3 is 15.8 Å². The highest BCUT2D eigenvalue weighted by Crippen LogP contribution is 2.39. The second-order valence-electron chi connectivity index (χ2n) is 6.54. The number of ether oxygens (including phenoxy) is 1. The molecule has 2 unspecified atom stereocenters. The van der Waals surface area contributed by atoms with E-state index in [1.807, 2.05) is 30.3 Å². The molecule has 2 amide bonds. The number of benzene rings is 1. The maximum Gasteiger partial charge on any atom is 0.408 e. The van der Waals surface area contributed by atoms with E-state index in [-0.39, 0.29) is 17.1 Å². The van der Waals surface area contributed by atoms with Gasteiger partial charge in [0.1, 0.15) is 12.1 Å². The van der Waals surface area contributed by atoms with Gasteiger partial charge in [-0.3, -0.25) is 9.00 Å². The Balaban J connectivity index is 1.67. The maximum atomic E-state index is 12.3. The van der Waals surface area contributed by atoms with Crippen LogP contribution in [0.1, 0.15) is 37.7 Å². The zero-order valence-electron chi connectivity index (χ0n) is 13.4. The number of hydrogen-bond acceptors (Lipinski definition) is 4. The predicted octanol–water partition coefficient (Wildman–Crippen LogP) is 1.60. The molecule has 2 aliphatic rings. The molecule has 2 bridgehead atoms. The zero-order valence-corrected chi connectivity index (χ0v) is 14.2. The number of nitrogens with one attached hydrogen (secondary N) is 1. The molecule has 7 heteroatoms. The highest BCUT2D eigenvalue weighted by atomic mass is 32.2. The van der Waals surface area contributed by atoms with E-state index in [4.69, 9.17) is 10.5 Å². The van der Waals surface area contributed by atoms with Crippen molar-refractivity contribution in [2.45, 2.75) is 54.7 Å². The molecule has 2 fully saturated rings. The molecule has 130 valence electrons. The normalized spacial score (nSPS) is 31.9. The summed E-state index contributed by atoms with van der Waals surface area (Å²) in [5.74, 6) is -0.576. The molecule has 0 spiro atoms. The van der Waals surface area contributed by atoms with E-state index in [1.165, 1.54) is 0 Å². The molecule has 2 saturated heterocycles. The minimum atomic E-state index is -1.16. The van der Waals surface area contributed by atoms with Gasteiger partial charge >= 0.3 is 6.09 Å². The first-order valence-corrected chi connectivity index (χ1v) is 9.46. The number of carbonyl (C=O) groups excluding carboxylic acids is 2. The van der Waals surface area contributed by atoms with Crippen molar-refractivity contribution in [1.29, 1.82) is 0 Å². The van der Waals surface area contributed by atoms with Gasteiger partial charge in [-0.25, -0.2) is 4.79 Å². The molecule has 0 saturated carbocycles. The molecule has 0 aliphatic carbocycles. The Morgan fingerprint density at radius 3 is 2.42 bits per heavy atom. The van der Waals surface area contributed by atoms with E-state index in [9.17, 15) is 13.8 Å². The largest absolute Gasteiger partial charge is 0.445 e. The third kappa shape index (κ3) is 3.45. The van der Waals surface area contributed by atoms with E-state index in [0.717, 1.165) is 24.8 Å². The summed E-state index contributed by atoms with van der Waals surface area (Å²) in [4.78, 5) is 24.3. The molecule has 3 N–H and O–H groups in total. The summed E-state index contributed by atoms with van der Waals surface area (Å²) in [5.41, 5.74) is 5.31. The quantitative estimate of drug-likeness (QED) is 0.861. The topological polar surface area (TPSA) is 98.5 Å². The van der Waals surface area contributed by atoms with Crippen molar-refractivity contribution in [2.75, 3.05) is 0 Å². The molecule has 2 atom stereocenters. The summed E-state index contributed by atoms with van der Waals surface area (Å²) < 4.78 is 17.6. The fourth-order valence-corrected chi connectivity index (χ4v) is 5.87. The molecule has 1 aromatic rings. The van der Waals surface area contributed by atoms with Crippen molar-refractivity contribution in [1.82, 2.24) is 5.32 Å². The van der Waals surface area contributed by atoms with Crippen LogP contribution in [0.15, 0.2) is 30.3 Å². The van der Waals surface area contributed by atoms with Gasteiger partial charge in [-0.15, -0.1) is 0 Å². The number of carbonyl (C=O) groups is 2. The maximum absolute atomic E-state index is 12.3. The first kappa shape index (κ1) is 17.0. The SMILES string of the molecule is NC(=O)C1(NC(=O)OCc2ccccc2)CC2CCCC(C1)S2=O. The van der Waals surface area contributed by atoms with Crippen LogP contribution in [0.5, 0.6) is 0 Å². The van der Waals surface area contributed by atoms with Crippen LogP contribution in [0, 0.1) is 0 Å². The summed E-state index contributed by atoms with van der Waals surface area (Å²) in [6, 6.07) is 9.31. The highest BCUT2D eigenvalue weighted by Gasteiger charge is 2.51. The number of hydrogen-bond donors (Lipinski definition) is 2. The number of alkyl carbamates (subject to hydrolysis) is 1. The van der Waals surface area contributed by atoms with Crippen LogP contribution in [0.25, 0.3) is 0 Å². The van der Waals surface area contributed by atoms with Gasteiger partial charge in [-0.1, -0.05) is 36.8 Å². The number of fused-ring (bicyclic) bond motifs is 2. The number of primary amides is 1. The molecule has 2 heterocycles. The first-order valence-electron chi connectivity index (χ1n) is 8.18. The predicted molar refractivity (Wildman–Crippen MR) is 90.5 cm³/mol. The summed E-state index contributed by atoms with van der Waals surface area (Å²) in [7, 11) is -0.947. The van der Waals surface area contributed by atoms with Gasteiger partial charge in [-0.2, -0.15) is 0 Å². The molecule has 6 nitrogen and oxygen atoms in total. The number of rotatable bonds is 4. The monoisotopic (exact) mass is 350 g/mol.